The van der Waals surface area contributed by atoms with E-state index in [2.05, 4.69) is 5.32 Å². The molecular weight excluding hydrogens is 344 g/mol. The summed E-state index contributed by atoms with van der Waals surface area (Å²) in [5.74, 6) is 1.15. The molecule has 140 valence electrons. The molecule has 27 heavy (non-hydrogen) atoms. The van der Waals surface area contributed by atoms with Crippen LogP contribution < -0.4 is 19.7 Å². The highest BCUT2D eigenvalue weighted by Gasteiger charge is 2.21. The van der Waals surface area contributed by atoms with E-state index >= 15 is 0 Å². The summed E-state index contributed by atoms with van der Waals surface area (Å²) in [5.41, 5.74) is 2.21. The Morgan fingerprint density at radius 2 is 2.00 bits per heavy atom. The van der Waals surface area contributed by atoms with Gasteiger partial charge in [-0.1, -0.05) is 6.07 Å². The van der Waals surface area contributed by atoms with E-state index < -0.39 is 0 Å². The third-order valence-corrected chi connectivity index (χ3v) is 4.35. The molecule has 0 radical (unpaired) electrons. The molecule has 0 spiro atoms. The normalized spacial score (nSPS) is 13.9. The second kappa shape index (κ2) is 8.40. The molecule has 1 fully saturated rings. The van der Waals surface area contributed by atoms with Gasteiger partial charge in [0.15, 0.2) is 0 Å². The molecule has 1 aliphatic rings. The lowest BCUT2D eigenvalue weighted by Gasteiger charge is -2.16. The van der Waals surface area contributed by atoms with Crippen LogP contribution in [0.1, 0.15) is 18.4 Å². The number of anilines is 2. The molecule has 6 heteroatoms. The van der Waals surface area contributed by atoms with Crippen molar-refractivity contribution >= 4 is 29.3 Å². The van der Waals surface area contributed by atoms with Crippen LogP contribution in [-0.2, 0) is 9.59 Å². The molecule has 1 heterocycles. The van der Waals surface area contributed by atoms with Gasteiger partial charge in [-0.25, -0.2) is 0 Å². The number of nitrogens with zero attached hydrogens (tertiary/aromatic N) is 1. The Balaban J connectivity index is 1.69. The summed E-state index contributed by atoms with van der Waals surface area (Å²) in [4.78, 5) is 25.9. The molecule has 2 aromatic carbocycles. The number of carbonyl (C=O) groups excluding carboxylic acids is 2. The third-order valence-electron chi connectivity index (χ3n) is 4.35. The van der Waals surface area contributed by atoms with Crippen LogP contribution in [0.5, 0.6) is 11.5 Å². The van der Waals surface area contributed by atoms with E-state index in [1.165, 1.54) is 6.08 Å². The topological polar surface area (TPSA) is 67.9 Å². The summed E-state index contributed by atoms with van der Waals surface area (Å²) in [7, 11) is 3.15. The standard InChI is InChI=1S/C21H22N2O4/c1-26-18-10-8-15(19(14-18)27-2)9-11-20(24)22-16-5-3-6-17(13-16)23-12-4-7-21(23)25/h3,5-6,8-11,13-14H,4,7,12H2,1-2H3,(H,22,24)/b11-9+. The molecule has 3 rings (SSSR count). The van der Waals surface area contributed by atoms with Crippen molar-refractivity contribution in [1.29, 1.82) is 0 Å². The smallest absolute Gasteiger partial charge is 0.248 e. The first-order valence-electron chi connectivity index (χ1n) is 8.72. The number of hydrogen-bond donors (Lipinski definition) is 1. The molecule has 2 aromatic rings. The summed E-state index contributed by atoms with van der Waals surface area (Å²) < 4.78 is 10.5. The van der Waals surface area contributed by atoms with Crippen molar-refractivity contribution in [2.45, 2.75) is 12.8 Å². The summed E-state index contributed by atoms with van der Waals surface area (Å²) in [6, 6.07) is 12.7. The van der Waals surface area contributed by atoms with Crippen molar-refractivity contribution in [3.63, 3.8) is 0 Å². The van der Waals surface area contributed by atoms with Gasteiger partial charge < -0.3 is 19.7 Å². The van der Waals surface area contributed by atoms with E-state index in [1.54, 1.807) is 43.4 Å². The lowest BCUT2D eigenvalue weighted by atomic mass is 10.1. The molecule has 1 N–H and O–H groups in total. The van der Waals surface area contributed by atoms with Gasteiger partial charge in [-0.2, -0.15) is 0 Å². The number of methoxy groups -OCH3 is 2. The van der Waals surface area contributed by atoms with Crippen molar-refractivity contribution in [3.8, 4) is 11.5 Å². The van der Waals surface area contributed by atoms with Gasteiger partial charge in [-0.3, -0.25) is 9.59 Å². The maximum atomic E-state index is 12.3. The maximum Gasteiger partial charge on any atom is 0.248 e. The highest BCUT2D eigenvalue weighted by molar-refractivity contribution is 6.03. The average Bonchev–Trinajstić information content (AvgIpc) is 3.12. The molecule has 0 aromatic heterocycles. The zero-order valence-electron chi connectivity index (χ0n) is 15.4. The second-order valence-corrected chi connectivity index (χ2v) is 6.13. The van der Waals surface area contributed by atoms with Crippen LogP contribution in [0.15, 0.2) is 48.5 Å². The predicted molar refractivity (Wildman–Crippen MR) is 105 cm³/mol. The number of hydrogen-bond acceptors (Lipinski definition) is 4. The van der Waals surface area contributed by atoms with Crippen molar-refractivity contribution in [1.82, 2.24) is 0 Å². The fourth-order valence-electron chi connectivity index (χ4n) is 2.98. The van der Waals surface area contributed by atoms with Gasteiger partial charge in [0.05, 0.1) is 14.2 Å². The summed E-state index contributed by atoms with van der Waals surface area (Å²) in [6.07, 6.45) is 4.56. The average molecular weight is 366 g/mol. The van der Waals surface area contributed by atoms with E-state index in [1.807, 2.05) is 24.3 Å². The molecule has 0 bridgehead atoms. The number of nitrogens with one attached hydrogen (secondary N) is 1. The van der Waals surface area contributed by atoms with Gasteiger partial charge in [0.25, 0.3) is 0 Å². The molecule has 1 saturated heterocycles. The first-order chi connectivity index (χ1) is 13.1. The van der Waals surface area contributed by atoms with E-state index in [9.17, 15) is 9.59 Å². The van der Waals surface area contributed by atoms with Crippen LogP contribution in [-0.4, -0.2) is 32.6 Å². The summed E-state index contributed by atoms with van der Waals surface area (Å²) >= 11 is 0. The van der Waals surface area contributed by atoms with Gasteiger partial charge in [-0.15, -0.1) is 0 Å². The lowest BCUT2D eigenvalue weighted by molar-refractivity contribution is -0.117. The van der Waals surface area contributed by atoms with Gasteiger partial charge >= 0.3 is 0 Å². The molecule has 6 nitrogen and oxygen atoms in total. The van der Waals surface area contributed by atoms with Crippen LogP contribution in [0.3, 0.4) is 0 Å². The Morgan fingerprint density at radius 1 is 1.15 bits per heavy atom. The molecule has 0 aliphatic carbocycles. The fraction of sp³-hybridized carbons (Fsp3) is 0.238. The molecular formula is C21H22N2O4. The van der Waals surface area contributed by atoms with Gasteiger partial charge in [0.2, 0.25) is 11.8 Å². The molecule has 0 atom stereocenters. The van der Waals surface area contributed by atoms with E-state index in [0.29, 0.717) is 30.2 Å². The number of ether oxygens (including phenoxy) is 2. The van der Waals surface area contributed by atoms with Crippen LogP contribution in [0.4, 0.5) is 11.4 Å². The zero-order chi connectivity index (χ0) is 19.2. The van der Waals surface area contributed by atoms with E-state index in [-0.39, 0.29) is 11.8 Å². The minimum Gasteiger partial charge on any atom is -0.497 e. The highest BCUT2D eigenvalue weighted by atomic mass is 16.5. The summed E-state index contributed by atoms with van der Waals surface area (Å²) in [6.45, 7) is 0.716. The monoisotopic (exact) mass is 366 g/mol. The molecule has 1 aliphatic heterocycles. The Labute approximate surface area is 158 Å². The third kappa shape index (κ3) is 4.47. The van der Waals surface area contributed by atoms with Crippen LogP contribution in [0, 0.1) is 0 Å². The SMILES string of the molecule is COc1ccc(/C=C/C(=O)Nc2cccc(N3CCCC3=O)c2)c(OC)c1. The minimum atomic E-state index is -0.266. The van der Waals surface area contributed by atoms with Gasteiger partial charge in [0.1, 0.15) is 11.5 Å². The van der Waals surface area contributed by atoms with Crippen molar-refractivity contribution in [2.75, 3.05) is 31.0 Å². The first-order valence-corrected chi connectivity index (χ1v) is 8.72. The predicted octanol–water partition coefficient (Wildman–Crippen LogP) is 3.48. The van der Waals surface area contributed by atoms with Crippen LogP contribution >= 0.6 is 0 Å². The Bertz CT molecular complexity index is 876. The molecule has 2 amide bonds. The quantitative estimate of drug-likeness (QED) is 0.795. The zero-order valence-corrected chi connectivity index (χ0v) is 15.4. The maximum absolute atomic E-state index is 12.3. The lowest BCUT2D eigenvalue weighted by Crippen LogP contribution is -2.23. The van der Waals surface area contributed by atoms with Crippen molar-refractivity contribution < 1.29 is 19.1 Å². The Kier molecular flexibility index (Phi) is 5.76. The Morgan fingerprint density at radius 3 is 2.70 bits per heavy atom. The number of rotatable bonds is 6. The van der Waals surface area contributed by atoms with E-state index in [0.717, 1.165) is 17.7 Å². The Hall–Kier alpha value is -3.28. The number of benzene rings is 2. The van der Waals surface area contributed by atoms with E-state index in [4.69, 9.17) is 9.47 Å². The molecule has 0 unspecified atom stereocenters. The first kappa shape index (κ1) is 18.5. The molecule has 0 saturated carbocycles. The minimum absolute atomic E-state index is 0.116. The summed E-state index contributed by atoms with van der Waals surface area (Å²) in [5, 5.41) is 2.82. The number of carbonyl (C=O) groups is 2. The van der Waals surface area contributed by atoms with Gasteiger partial charge in [0, 0.05) is 42.0 Å². The highest BCUT2D eigenvalue weighted by Crippen LogP contribution is 2.26. The van der Waals surface area contributed by atoms with Crippen LogP contribution in [0.25, 0.3) is 6.08 Å². The van der Waals surface area contributed by atoms with Crippen molar-refractivity contribution in [2.24, 2.45) is 0 Å². The largest absolute Gasteiger partial charge is 0.497 e. The van der Waals surface area contributed by atoms with Crippen LogP contribution in [0.2, 0.25) is 0 Å². The van der Waals surface area contributed by atoms with Gasteiger partial charge in [-0.05, 0) is 42.8 Å². The van der Waals surface area contributed by atoms with Crippen molar-refractivity contribution in [3.05, 3.63) is 54.1 Å². The number of amides is 2. The fourth-order valence-corrected chi connectivity index (χ4v) is 2.98. The second-order valence-electron chi connectivity index (χ2n) is 6.13.